The van der Waals surface area contributed by atoms with E-state index in [4.69, 9.17) is 9.47 Å². The van der Waals surface area contributed by atoms with E-state index in [1.165, 1.54) is 25.0 Å². The Morgan fingerprint density at radius 1 is 1.29 bits per heavy atom. The molecule has 1 fully saturated rings. The molecule has 0 aromatic heterocycles. The maximum absolute atomic E-state index is 11.1. The van der Waals surface area contributed by atoms with Gasteiger partial charge in [0.05, 0.1) is 6.61 Å². The van der Waals surface area contributed by atoms with Gasteiger partial charge in [-0.05, 0) is 38.4 Å². The van der Waals surface area contributed by atoms with Crippen molar-refractivity contribution in [3.05, 3.63) is 0 Å². The molecule has 0 atom stereocenters. The second-order valence-corrected chi connectivity index (χ2v) is 5.71. The first-order valence-corrected chi connectivity index (χ1v) is 7.72. The fourth-order valence-electron chi connectivity index (χ4n) is 1.87. The van der Waals surface area contributed by atoms with E-state index in [0.29, 0.717) is 13.0 Å². The van der Waals surface area contributed by atoms with Crippen molar-refractivity contribution >= 4 is 17.7 Å². The molecule has 1 rings (SSSR count). The fraction of sp³-hybridized carbons (Fsp3) is 0.923. The number of carbonyl (C=O) groups is 1. The van der Waals surface area contributed by atoms with Crippen LogP contribution < -0.4 is 0 Å². The molecule has 100 valence electrons. The lowest BCUT2D eigenvalue weighted by Gasteiger charge is -2.21. The Bertz CT molecular complexity index is 203. The van der Waals surface area contributed by atoms with E-state index in [-0.39, 0.29) is 5.97 Å². The molecule has 17 heavy (non-hydrogen) atoms. The molecule has 4 heteroatoms. The van der Waals surface area contributed by atoms with E-state index in [1.807, 2.05) is 6.92 Å². The number of thioether (sulfide) groups is 1. The van der Waals surface area contributed by atoms with Gasteiger partial charge in [-0.3, -0.25) is 4.79 Å². The summed E-state index contributed by atoms with van der Waals surface area (Å²) in [6, 6.07) is 0. The van der Waals surface area contributed by atoms with E-state index >= 15 is 0 Å². The van der Waals surface area contributed by atoms with Gasteiger partial charge in [-0.15, -0.1) is 0 Å². The molecule has 0 aromatic carbocycles. The molecule has 1 saturated heterocycles. The SMILES string of the molecule is CCOC(=O)CCCCCSC1CCOCC1. The summed E-state index contributed by atoms with van der Waals surface area (Å²) in [5.74, 6) is 1.16. The lowest BCUT2D eigenvalue weighted by molar-refractivity contribution is -0.143. The van der Waals surface area contributed by atoms with Crippen LogP contribution in [0.3, 0.4) is 0 Å². The highest BCUT2D eigenvalue weighted by Gasteiger charge is 2.13. The fourth-order valence-corrected chi connectivity index (χ4v) is 3.10. The van der Waals surface area contributed by atoms with Gasteiger partial charge in [0, 0.05) is 24.9 Å². The Labute approximate surface area is 109 Å². The molecule has 0 saturated carbocycles. The summed E-state index contributed by atoms with van der Waals surface area (Å²) in [4.78, 5) is 11.1. The number of carbonyl (C=O) groups excluding carboxylic acids is 1. The van der Waals surface area contributed by atoms with Gasteiger partial charge >= 0.3 is 5.97 Å². The van der Waals surface area contributed by atoms with Crippen LogP contribution in [0.5, 0.6) is 0 Å². The zero-order valence-corrected chi connectivity index (χ0v) is 11.6. The van der Waals surface area contributed by atoms with Gasteiger partial charge in [-0.25, -0.2) is 0 Å². The molecule has 0 spiro atoms. The van der Waals surface area contributed by atoms with E-state index < -0.39 is 0 Å². The molecule has 0 aromatic rings. The first-order chi connectivity index (χ1) is 8.33. The predicted octanol–water partition coefficient (Wildman–Crippen LogP) is 3.02. The minimum Gasteiger partial charge on any atom is -0.466 e. The molecule has 1 aliphatic heterocycles. The summed E-state index contributed by atoms with van der Waals surface area (Å²) in [5, 5.41) is 0.800. The average Bonchev–Trinajstić information content (AvgIpc) is 2.35. The van der Waals surface area contributed by atoms with Crippen molar-refractivity contribution in [1.29, 1.82) is 0 Å². The van der Waals surface area contributed by atoms with Crippen molar-refractivity contribution in [1.82, 2.24) is 0 Å². The number of rotatable bonds is 8. The second kappa shape index (κ2) is 9.77. The number of hydrogen-bond acceptors (Lipinski definition) is 4. The van der Waals surface area contributed by atoms with Crippen LogP contribution in [0.4, 0.5) is 0 Å². The Morgan fingerprint density at radius 3 is 2.76 bits per heavy atom. The van der Waals surface area contributed by atoms with Crippen LogP contribution in [0, 0.1) is 0 Å². The Balaban J connectivity index is 1.85. The third-order valence-electron chi connectivity index (χ3n) is 2.85. The third-order valence-corrected chi connectivity index (χ3v) is 4.32. The van der Waals surface area contributed by atoms with Crippen molar-refractivity contribution in [2.45, 2.75) is 50.7 Å². The molecule has 1 aliphatic rings. The molecule has 3 nitrogen and oxygen atoms in total. The van der Waals surface area contributed by atoms with Gasteiger partial charge in [0.1, 0.15) is 0 Å². The monoisotopic (exact) mass is 260 g/mol. The largest absolute Gasteiger partial charge is 0.466 e. The average molecular weight is 260 g/mol. The number of hydrogen-bond donors (Lipinski definition) is 0. The summed E-state index contributed by atoms with van der Waals surface area (Å²) >= 11 is 2.07. The van der Waals surface area contributed by atoms with Crippen LogP contribution in [0.25, 0.3) is 0 Å². The highest BCUT2D eigenvalue weighted by molar-refractivity contribution is 7.99. The molecule has 0 bridgehead atoms. The van der Waals surface area contributed by atoms with Crippen LogP contribution in [0.1, 0.15) is 45.4 Å². The number of esters is 1. The highest BCUT2D eigenvalue weighted by Crippen LogP contribution is 2.23. The van der Waals surface area contributed by atoms with Crippen LogP contribution in [0.2, 0.25) is 0 Å². The molecular weight excluding hydrogens is 236 g/mol. The van der Waals surface area contributed by atoms with E-state index in [2.05, 4.69) is 11.8 Å². The summed E-state index contributed by atoms with van der Waals surface area (Å²) < 4.78 is 10.2. The summed E-state index contributed by atoms with van der Waals surface area (Å²) in [5.41, 5.74) is 0. The molecule has 0 amide bonds. The highest BCUT2D eigenvalue weighted by atomic mass is 32.2. The van der Waals surface area contributed by atoms with Gasteiger partial charge in [-0.2, -0.15) is 11.8 Å². The van der Waals surface area contributed by atoms with Crippen LogP contribution in [-0.4, -0.2) is 36.8 Å². The van der Waals surface area contributed by atoms with Gasteiger partial charge in [0.2, 0.25) is 0 Å². The normalized spacial score (nSPS) is 17.0. The van der Waals surface area contributed by atoms with Gasteiger partial charge in [0.25, 0.3) is 0 Å². The first-order valence-electron chi connectivity index (χ1n) is 6.68. The van der Waals surface area contributed by atoms with Crippen molar-refractivity contribution in [2.75, 3.05) is 25.6 Å². The molecular formula is C13H24O3S. The maximum atomic E-state index is 11.1. The van der Waals surface area contributed by atoms with E-state index in [1.54, 1.807) is 0 Å². The molecule has 0 N–H and O–H groups in total. The van der Waals surface area contributed by atoms with Crippen molar-refractivity contribution in [2.24, 2.45) is 0 Å². The van der Waals surface area contributed by atoms with E-state index in [0.717, 1.165) is 31.3 Å². The van der Waals surface area contributed by atoms with Crippen molar-refractivity contribution < 1.29 is 14.3 Å². The van der Waals surface area contributed by atoms with Crippen LogP contribution in [-0.2, 0) is 14.3 Å². The second-order valence-electron chi connectivity index (χ2n) is 4.30. The molecule has 1 heterocycles. The summed E-state index contributed by atoms with van der Waals surface area (Å²) in [6.07, 6.45) is 6.29. The van der Waals surface area contributed by atoms with Gasteiger partial charge < -0.3 is 9.47 Å². The minimum absolute atomic E-state index is 0.0513. The quantitative estimate of drug-likeness (QED) is 0.496. The Hall–Kier alpha value is -0.220. The first kappa shape index (κ1) is 14.8. The van der Waals surface area contributed by atoms with Crippen molar-refractivity contribution in [3.8, 4) is 0 Å². The third kappa shape index (κ3) is 7.66. The topological polar surface area (TPSA) is 35.5 Å². The number of ether oxygens (including phenoxy) is 2. The van der Waals surface area contributed by atoms with Gasteiger partial charge in [-0.1, -0.05) is 6.42 Å². The van der Waals surface area contributed by atoms with Crippen molar-refractivity contribution in [3.63, 3.8) is 0 Å². The van der Waals surface area contributed by atoms with Crippen LogP contribution in [0.15, 0.2) is 0 Å². The lowest BCUT2D eigenvalue weighted by atomic mass is 10.2. The number of unbranched alkanes of at least 4 members (excludes halogenated alkanes) is 2. The minimum atomic E-state index is -0.0513. The predicted molar refractivity (Wildman–Crippen MR) is 71.4 cm³/mol. The zero-order valence-electron chi connectivity index (χ0n) is 10.8. The Kier molecular flexibility index (Phi) is 8.53. The maximum Gasteiger partial charge on any atom is 0.305 e. The van der Waals surface area contributed by atoms with Gasteiger partial charge in [0.15, 0.2) is 0 Å². The molecule has 0 radical (unpaired) electrons. The summed E-state index contributed by atoms with van der Waals surface area (Å²) in [7, 11) is 0. The lowest BCUT2D eigenvalue weighted by Crippen LogP contribution is -2.17. The smallest absolute Gasteiger partial charge is 0.305 e. The zero-order chi connectivity index (χ0) is 12.3. The summed E-state index contributed by atoms with van der Waals surface area (Å²) in [6.45, 7) is 4.21. The van der Waals surface area contributed by atoms with E-state index in [9.17, 15) is 4.79 Å². The Morgan fingerprint density at radius 2 is 2.06 bits per heavy atom. The standard InChI is InChI=1S/C13H24O3S/c1-2-16-13(14)6-4-3-5-11-17-12-7-9-15-10-8-12/h12H,2-11H2,1H3. The molecule has 0 unspecified atom stereocenters. The van der Waals surface area contributed by atoms with Crippen LogP contribution >= 0.6 is 11.8 Å². The molecule has 0 aliphatic carbocycles.